The van der Waals surface area contributed by atoms with Gasteiger partial charge in [0, 0.05) is 17.3 Å². The van der Waals surface area contributed by atoms with Crippen LogP contribution in [0.5, 0.6) is 0 Å². The molecule has 0 radical (unpaired) electrons. The van der Waals surface area contributed by atoms with Gasteiger partial charge in [0.15, 0.2) is 0 Å². The maximum absolute atomic E-state index is 8.78. The number of nitrogens with one attached hydrogen (secondary N) is 1. The number of thiazole rings is 1. The van der Waals surface area contributed by atoms with Crippen molar-refractivity contribution >= 4 is 22.7 Å². The molecule has 0 bridgehead atoms. The summed E-state index contributed by atoms with van der Waals surface area (Å²) in [6.45, 7) is 2.03. The van der Waals surface area contributed by atoms with E-state index in [4.69, 9.17) is 11.0 Å². The monoisotopic (exact) mass is 244 g/mol. The van der Waals surface area contributed by atoms with E-state index in [0.717, 1.165) is 10.7 Å². The van der Waals surface area contributed by atoms with Crippen LogP contribution >= 0.6 is 11.3 Å². The Kier molecular flexibility index (Phi) is 3.26. The lowest BCUT2D eigenvalue weighted by Gasteiger charge is -2.13. The van der Waals surface area contributed by atoms with Crippen LogP contribution < -0.4 is 11.1 Å². The molecule has 0 amide bonds. The van der Waals surface area contributed by atoms with Crippen LogP contribution in [0.15, 0.2) is 29.8 Å². The fourth-order valence-electron chi connectivity index (χ4n) is 1.51. The summed E-state index contributed by atoms with van der Waals surface area (Å²) in [6, 6.07) is 7.49. The van der Waals surface area contributed by atoms with E-state index in [-0.39, 0.29) is 6.04 Å². The molecular weight excluding hydrogens is 232 g/mol. The number of hydrogen-bond donors (Lipinski definition) is 2. The molecule has 0 aliphatic heterocycles. The molecule has 0 saturated heterocycles. The molecule has 1 aromatic heterocycles. The first-order valence-corrected chi connectivity index (χ1v) is 6.04. The molecule has 0 fully saturated rings. The smallest absolute Gasteiger partial charge is 0.115 e. The number of nitriles is 1. The van der Waals surface area contributed by atoms with Gasteiger partial charge in [-0.2, -0.15) is 5.26 Å². The number of anilines is 2. The van der Waals surface area contributed by atoms with Gasteiger partial charge in [-0.05, 0) is 25.1 Å². The van der Waals surface area contributed by atoms with E-state index >= 15 is 0 Å². The number of benzene rings is 1. The van der Waals surface area contributed by atoms with Crippen LogP contribution in [0.1, 0.15) is 23.5 Å². The third-order valence-corrected chi connectivity index (χ3v) is 3.34. The predicted molar refractivity (Wildman–Crippen MR) is 69.7 cm³/mol. The summed E-state index contributed by atoms with van der Waals surface area (Å²) in [7, 11) is 0. The van der Waals surface area contributed by atoms with E-state index < -0.39 is 0 Å². The topological polar surface area (TPSA) is 74.7 Å². The molecule has 1 atom stereocenters. The maximum Gasteiger partial charge on any atom is 0.115 e. The van der Waals surface area contributed by atoms with Gasteiger partial charge in [-0.3, -0.25) is 0 Å². The molecule has 1 heterocycles. The standard InChI is InChI=1S/C12H12N4S/c1-8(12-15-4-5-17-12)16-10-3-2-9(7-13)11(14)6-10/h2-6,8,16H,14H2,1H3. The molecule has 0 saturated carbocycles. The van der Waals surface area contributed by atoms with E-state index in [2.05, 4.69) is 10.3 Å². The summed E-state index contributed by atoms with van der Waals surface area (Å²) in [5, 5.41) is 15.0. The van der Waals surface area contributed by atoms with Crippen LogP contribution in [0, 0.1) is 11.3 Å². The van der Waals surface area contributed by atoms with Gasteiger partial charge in [-0.1, -0.05) is 0 Å². The number of hydrogen-bond acceptors (Lipinski definition) is 5. The van der Waals surface area contributed by atoms with Crippen molar-refractivity contribution in [2.45, 2.75) is 13.0 Å². The molecule has 3 N–H and O–H groups in total. The van der Waals surface area contributed by atoms with Crippen LogP contribution in [-0.4, -0.2) is 4.98 Å². The molecule has 1 unspecified atom stereocenters. The van der Waals surface area contributed by atoms with Crippen LogP contribution in [0.2, 0.25) is 0 Å². The quantitative estimate of drug-likeness (QED) is 0.814. The first-order valence-electron chi connectivity index (χ1n) is 5.16. The molecule has 86 valence electrons. The molecule has 0 spiro atoms. The highest BCUT2D eigenvalue weighted by Crippen LogP contribution is 2.23. The van der Waals surface area contributed by atoms with Gasteiger partial charge in [0.2, 0.25) is 0 Å². The molecule has 0 aliphatic carbocycles. The molecule has 5 heteroatoms. The molecule has 4 nitrogen and oxygen atoms in total. The van der Waals surface area contributed by atoms with E-state index in [9.17, 15) is 0 Å². The third-order valence-electron chi connectivity index (χ3n) is 2.38. The Labute approximate surface area is 104 Å². The lowest BCUT2D eigenvalue weighted by atomic mass is 10.1. The van der Waals surface area contributed by atoms with Crippen molar-refractivity contribution in [3.05, 3.63) is 40.3 Å². The average molecular weight is 244 g/mol. The Hall–Kier alpha value is -2.06. The summed E-state index contributed by atoms with van der Waals surface area (Å²) in [5.74, 6) is 0. The minimum absolute atomic E-state index is 0.127. The zero-order valence-corrected chi connectivity index (χ0v) is 10.2. The van der Waals surface area contributed by atoms with Crippen molar-refractivity contribution in [1.29, 1.82) is 5.26 Å². The second kappa shape index (κ2) is 4.85. The van der Waals surface area contributed by atoms with Gasteiger partial charge in [-0.15, -0.1) is 11.3 Å². The van der Waals surface area contributed by atoms with Gasteiger partial charge < -0.3 is 11.1 Å². The molecular formula is C12H12N4S. The van der Waals surface area contributed by atoms with Crippen molar-refractivity contribution in [2.24, 2.45) is 0 Å². The molecule has 2 aromatic rings. The Morgan fingerprint density at radius 3 is 2.94 bits per heavy atom. The zero-order chi connectivity index (χ0) is 12.3. The summed E-state index contributed by atoms with van der Waals surface area (Å²) in [5.41, 5.74) is 7.63. The van der Waals surface area contributed by atoms with Crippen molar-refractivity contribution in [2.75, 3.05) is 11.1 Å². The summed E-state index contributed by atoms with van der Waals surface area (Å²) in [6.07, 6.45) is 1.78. The van der Waals surface area contributed by atoms with E-state index in [1.807, 2.05) is 24.4 Å². The molecule has 2 rings (SSSR count). The summed E-state index contributed by atoms with van der Waals surface area (Å²) < 4.78 is 0. The second-order valence-electron chi connectivity index (χ2n) is 3.65. The highest BCUT2D eigenvalue weighted by Gasteiger charge is 2.08. The van der Waals surface area contributed by atoms with Gasteiger partial charge in [-0.25, -0.2) is 4.98 Å². The summed E-state index contributed by atoms with van der Waals surface area (Å²) in [4.78, 5) is 4.24. The average Bonchev–Trinajstić information content (AvgIpc) is 2.82. The SMILES string of the molecule is CC(Nc1ccc(C#N)c(N)c1)c1nccs1. The number of aromatic nitrogens is 1. The van der Waals surface area contributed by atoms with Crippen LogP contribution in [-0.2, 0) is 0 Å². The first-order chi connectivity index (χ1) is 8.20. The highest BCUT2D eigenvalue weighted by atomic mass is 32.1. The lowest BCUT2D eigenvalue weighted by Crippen LogP contribution is -2.06. The van der Waals surface area contributed by atoms with Crippen LogP contribution in [0.3, 0.4) is 0 Å². The third kappa shape index (κ3) is 2.55. The van der Waals surface area contributed by atoms with Crippen molar-refractivity contribution in [3.8, 4) is 6.07 Å². The van der Waals surface area contributed by atoms with Crippen LogP contribution in [0.4, 0.5) is 11.4 Å². The molecule has 0 aliphatic rings. The maximum atomic E-state index is 8.78. The van der Waals surface area contributed by atoms with Gasteiger partial charge in [0.25, 0.3) is 0 Å². The minimum Gasteiger partial charge on any atom is -0.398 e. The normalized spacial score (nSPS) is 11.8. The van der Waals surface area contributed by atoms with Gasteiger partial charge in [0.1, 0.15) is 11.1 Å². The molecule has 1 aromatic carbocycles. The lowest BCUT2D eigenvalue weighted by molar-refractivity contribution is 0.870. The second-order valence-corrected chi connectivity index (χ2v) is 4.58. The first kappa shape index (κ1) is 11.4. The van der Waals surface area contributed by atoms with Gasteiger partial charge >= 0.3 is 0 Å². The highest BCUT2D eigenvalue weighted by molar-refractivity contribution is 7.09. The minimum atomic E-state index is 0.127. The molecule has 17 heavy (non-hydrogen) atoms. The number of nitrogens with zero attached hydrogens (tertiary/aromatic N) is 2. The number of nitrogens with two attached hydrogens (primary N) is 1. The fourth-order valence-corrected chi connectivity index (χ4v) is 2.16. The predicted octanol–water partition coefficient (Wildman–Crippen LogP) is 2.77. The van der Waals surface area contributed by atoms with Crippen molar-refractivity contribution in [3.63, 3.8) is 0 Å². The van der Waals surface area contributed by atoms with E-state index in [0.29, 0.717) is 11.3 Å². The van der Waals surface area contributed by atoms with Gasteiger partial charge in [0.05, 0.1) is 17.3 Å². The number of rotatable bonds is 3. The van der Waals surface area contributed by atoms with E-state index in [1.165, 1.54) is 0 Å². The van der Waals surface area contributed by atoms with Crippen LogP contribution in [0.25, 0.3) is 0 Å². The largest absolute Gasteiger partial charge is 0.398 e. The van der Waals surface area contributed by atoms with E-state index in [1.54, 1.807) is 29.7 Å². The summed E-state index contributed by atoms with van der Waals surface area (Å²) >= 11 is 1.60. The Balaban J connectivity index is 2.15. The Morgan fingerprint density at radius 1 is 1.53 bits per heavy atom. The Bertz CT molecular complexity index is 542. The zero-order valence-electron chi connectivity index (χ0n) is 9.34. The van der Waals surface area contributed by atoms with Crippen molar-refractivity contribution in [1.82, 2.24) is 4.98 Å². The van der Waals surface area contributed by atoms with Crippen molar-refractivity contribution < 1.29 is 0 Å². The fraction of sp³-hybridized carbons (Fsp3) is 0.167. The number of nitrogen functional groups attached to an aromatic ring is 1. The Morgan fingerprint density at radius 2 is 2.35 bits per heavy atom.